The molecular weight excluding hydrogens is 425 g/mol. The van der Waals surface area contributed by atoms with Crippen LogP contribution in [0.5, 0.6) is 0 Å². The van der Waals surface area contributed by atoms with E-state index in [9.17, 15) is 9.18 Å². The first kappa shape index (κ1) is 23.0. The number of benzene rings is 2. The Morgan fingerprint density at radius 3 is 2.56 bits per heavy atom. The molecule has 2 aliphatic heterocycles. The van der Waals surface area contributed by atoms with Gasteiger partial charge in [-0.15, -0.1) is 0 Å². The van der Waals surface area contributed by atoms with Crippen molar-refractivity contribution in [1.82, 2.24) is 14.8 Å². The van der Waals surface area contributed by atoms with Gasteiger partial charge in [-0.1, -0.05) is 24.3 Å². The molecule has 0 aliphatic carbocycles. The minimum Gasteiger partial charge on any atom is -0.342 e. The summed E-state index contributed by atoms with van der Waals surface area (Å²) >= 11 is 0. The van der Waals surface area contributed by atoms with Gasteiger partial charge in [0.25, 0.3) is 0 Å². The molecule has 2 fully saturated rings. The average molecular weight is 460 g/mol. The van der Waals surface area contributed by atoms with Crippen molar-refractivity contribution >= 4 is 16.8 Å². The molecule has 1 amide bonds. The summed E-state index contributed by atoms with van der Waals surface area (Å²) in [5.41, 5.74) is 2.90. The summed E-state index contributed by atoms with van der Waals surface area (Å²) in [5, 5.41) is 1.19. The molecule has 2 aromatic carbocycles. The first-order valence-electron chi connectivity index (χ1n) is 12.6. The number of pyridine rings is 1. The molecule has 3 heterocycles. The Morgan fingerprint density at radius 1 is 1.00 bits per heavy atom. The Kier molecular flexibility index (Phi) is 6.64. The number of fused-ring (bicyclic) bond motifs is 1. The maximum absolute atomic E-state index is 13.9. The van der Waals surface area contributed by atoms with E-state index in [0.717, 1.165) is 69.4 Å². The highest BCUT2D eigenvalue weighted by atomic mass is 19.1. The molecule has 1 aromatic heterocycles. The third-order valence-electron chi connectivity index (χ3n) is 7.92. The van der Waals surface area contributed by atoms with Gasteiger partial charge in [-0.05, 0) is 106 Å². The predicted octanol–water partition coefficient (Wildman–Crippen LogP) is 5.11. The number of nitrogens with zero attached hydrogens (tertiary/aromatic N) is 3. The van der Waals surface area contributed by atoms with Crippen molar-refractivity contribution in [2.45, 2.75) is 38.5 Å². The monoisotopic (exact) mass is 459 g/mol. The van der Waals surface area contributed by atoms with Crippen molar-refractivity contribution in [2.75, 3.05) is 33.2 Å². The zero-order chi connectivity index (χ0) is 23.5. The van der Waals surface area contributed by atoms with Crippen molar-refractivity contribution in [3.05, 3.63) is 77.7 Å². The van der Waals surface area contributed by atoms with E-state index in [1.807, 2.05) is 18.3 Å². The third kappa shape index (κ3) is 5.00. The van der Waals surface area contributed by atoms with Gasteiger partial charge in [0.1, 0.15) is 5.82 Å². The molecule has 0 saturated carbocycles. The van der Waals surface area contributed by atoms with E-state index in [1.165, 1.54) is 17.0 Å². The van der Waals surface area contributed by atoms with Crippen molar-refractivity contribution in [3.8, 4) is 0 Å². The van der Waals surface area contributed by atoms with E-state index in [1.54, 1.807) is 12.1 Å². The van der Waals surface area contributed by atoms with Crippen LogP contribution in [0.25, 0.3) is 10.9 Å². The highest BCUT2D eigenvalue weighted by Crippen LogP contribution is 2.38. The highest BCUT2D eigenvalue weighted by Gasteiger charge is 2.43. The van der Waals surface area contributed by atoms with Crippen LogP contribution < -0.4 is 0 Å². The molecule has 2 aliphatic rings. The number of rotatable bonds is 5. The largest absolute Gasteiger partial charge is 0.342 e. The summed E-state index contributed by atoms with van der Waals surface area (Å²) in [4.78, 5) is 22.7. The number of halogens is 1. The van der Waals surface area contributed by atoms with Crippen molar-refractivity contribution in [3.63, 3.8) is 0 Å². The lowest BCUT2D eigenvalue weighted by Crippen LogP contribution is -2.52. The molecule has 4 nitrogen and oxygen atoms in total. The molecule has 0 spiro atoms. The lowest BCUT2D eigenvalue weighted by atomic mass is 9.72. The zero-order valence-corrected chi connectivity index (χ0v) is 20.0. The van der Waals surface area contributed by atoms with Crippen LogP contribution in [-0.4, -0.2) is 53.9 Å². The summed E-state index contributed by atoms with van der Waals surface area (Å²) in [7, 11) is 2.12. The molecule has 34 heavy (non-hydrogen) atoms. The van der Waals surface area contributed by atoms with Crippen LogP contribution in [0.4, 0.5) is 4.39 Å². The second kappa shape index (κ2) is 9.83. The van der Waals surface area contributed by atoms with E-state index in [4.69, 9.17) is 0 Å². The van der Waals surface area contributed by atoms with Gasteiger partial charge < -0.3 is 9.80 Å². The van der Waals surface area contributed by atoms with Crippen molar-refractivity contribution in [2.24, 2.45) is 11.3 Å². The van der Waals surface area contributed by atoms with E-state index in [2.05, 4.69) is 46.1 Å². The van der Waals surface area contributed by atoms with Crippen LogP contribution in [0.15, 0.2) is 60.8 Å². The normalized spacial score (nSPS) is 19.4. The predicted molar refractivity (Wildman–Crippen MR) is 134 cm³/mol. The van der Waals surface area contributed by atoms with Crippen molar-refractivity contribution in [1.29, 1.82) is 0 Å². The Morgan fingerprint density at radius 2 is 1.79 bits per heavy atom. The highest BCUT2D eigenvalue weighted by molar-refractivity contribution is 5.83. The minimum atomic E-state index is -0.418. The summed E-state index contributed by atoms with van der Waals surface area (Å²) in [6.07, 6.45) is 7.25. The molecule has 5 rings (SSSR count). The van der Waals surface area contributed by atoms with E-state index in [0.29, 0.717) is 12.3 Å². The SMILES string of the molecule is CN1CCC(Cc2cccc(F)c2)(C(=O)N2CCC(Cc3ccc4ncccc4c3)CC2)CC1. The fourth-order valence-corrected chi connectivity index (χ4v) is 5.81. The Hall–Kier alpha value is -2.79. The maximum Gasteiger partial charge on any atom is 0.229 e. The number of piperidine rings is 2. The van der Waals surface area contributed by atoms with Crippen LogP contribution in [0, 0.1) is 17.2 Å². The van der Waals surface area contributed by atoms with Crippen molar-refractivity contribution < 1.29 is 9.18 Å². The molecule has 0 radical (unpaired) electrons. The van der Waals surface area contributed by atoms with E-state index < -0.39 is 5.41 Å². The standard InChI is InChI=1S/C29H34FN3O/c1-32-16-11-29(12-17-32,21-24-4-2-6-26(30)20-24)28(34)33-14-9-22(10-15-33)18-23-7-8-27-25(19-23)5-3-13-31-27/h2-8,13,19-20,22H,9-12,14-18,21H2,1H3. The Bertz CT molecular complexity index is 1150. The number of carbonyl (C=O) groups excluding carboxylic acids is 1. The molecule has 0 atom stereocenters. The van der Waals surface area contributed by atoms with Gasteiger partial charge >= 0.3 is 0 Å². The minimum absolute atomic E-state index is 0.224. The van der Waals surface area contributed by atoms with Gasteiger partial charge in [-0.2, -0.15) is 0 Å². The van der Waals surface area contributed by atoms with Gasteiger partial charge in [0.15, 0.2) is 0 Å². The van der Waals surface area contributed by atoms with Gasteiger partial charge in [0.05, 0.1) is 10.9 Å². The van der Waals surface area contributed by atoms with Crippen LogP contribution in [0.1, 0.15) is 36.8 Å². The fourth-order valence-electron chi connectivity index (χ4n) is 5.81. The Labute approximate surface area is 201 Å². The average Bonchev–Trinajstić information content (AvgIpc) is 2.86. The summed E-state index contributed by atoms with van der Waals surface area (Å²) in [6, 6.07) is 17.5. The molecular formula is C29H34FN3O. The molecule has 3 aromatic rings. The van der Waals surface area contributed by atoms with Gasteiger partial charge in [-0.25, -0.2) is 4.39 Å². The molecule has 0 unspecified atom stereocenters. The number of hydrogen-bond donors (Lipinski definition) is 0. The van der Waals surface area contributed by atoms with Crippen LogP contribution in [0.2, 0.25) is 0 Å². The molecule has 0 bridgehead atoms. The van der Waals surface area contributed by atoms with Crippen LogP contribution >= 0.6 is 0 Å². The fraction of sp³-hybridized carbons (Fsp3) is 0.448. The summed E-state index contributed by atoms with van der Waals surface area (Å²) in [6.45, 7) is 3.46. The number of hydrogen-bond acceptors (Lipinski definition) is 3. The smallest absolute Gasteiger partial charge is 0.229 e. The molecule has 5 heteroatoms. The zero-order valence-electron chi connectivity index (χ0n) is 20.0. The maximum atomic E-state index is 13.9. The second-order valence-electron chi connectivity index (χ2n) is 10.4. The van der Waals surface area contributed by atoms with Crippen LogP contribution in [0.3, 0.4) is 0 Å². The summed E-state index contributed by atoms with van der Waals surface area (Å²) in [5.74, 6) is 0.647. The van der Waals surface area contributed by atoms with E-state index >= 15 is 0 Å². The number of carbonyl (C=O) groups is 1. The number of likely N-dealkylation sites (tertiary alicyclic amines) is 2. The number of amides is 1. The molecule has 0 N–H and O–H groups in total. The summed E-state index contributed by atoms with van der Waals surface area (Å²) < 4.78 is 13.9. The Balaban J connectivity index is 1.25. The quantitative estimate of drug-likeness (QED) is 0.532. The van der Waals surface area contributed by atoms with Gasteiger partial charge in [-0.3, -0.25) is 9.78 Å². The first-order valence-corrected chi connectivity index (χ1v) is 12.6. The van der Waals surface area contributed by atoms with Crippen LogP contribution in [-0.2, 0) is 17.6 Å². The lowest BCUT2D eigenvalue weighted by molar-refractivity contribution is -0.146. The number of aromatic nitrogens is 1. The third-order valence-corrected chi connectivity index (χ3v) is 7.92. The molecule has 2 saturated heterocycles. The first-order chi connectivity index (χ1) is 16.5. The lowest BCUT2D eigenvalue weighted by Gasteiger charge is -2.44. The van der Waals surface area contributed by atoms with E-state index in [-0.39, 0.29) is 11.7 Å². The van der Waals surface area contributed by atoms with Gasteiger partial charge in [0.2, 0.25) is 5.91 Å². The topological polar surface area (TPSA) is 36.4 Å². The second-order valence-corrected chi connectivity index (χ2v) is 10.4. The van der Waals surface area contributed by atoms with Gasteiger partial charge in [0, 0.05) is 24.7 Å². The molecule has 178 valence electrons.